The first-order valence-corrected chi connectivity index (χ1v) is 39.9. The quantitative estimate of drug-likeness (QED) is 0.127. The number of hydrogen-bond acceptors (Lipinski definition) is 2. The standard InChI is InChI=1S/C106H87BN4/c1-103(2)57-59-105(5,6)88-62-73(47-52-86(88)103)75-64-98-100-99(65-75)111(102-80(70-33-17-11-18-34-70)42-28-43-81(102)71-35-19-12-20-36-71)97-67-77(109-92-44-24-21-37-82(92)83-38-22-25-45-93(83)109)51-55-91(97)107(100)90-54-48-74(63-96(90)110(98)101-78(68-29-13-9-14-30-68)40-27-41-79(101)69-31-15-10-16-32-69)72-49-56-95-85(61-72)84-39-23-26-46-94(84)108(95)76-50-53-87-89(66-76)106(7,8)60-58-104(87,3)4/h9-56,61-67H,57-60H2,1-8H3. The molecular weight excluding hydrogens is 1340 g/mol. The second-order valence-electron chi connectivity index (χ2n) is 34.4. The average molecular weight is 1430 g/mol. The molecule has 2 aliphatic heterocycles. The first-order valence-electron chi connectivity index (χ1n) is 39.9. The summed E-state index contributed by atoms with van der Waals surface area (Å²) in [5, 5.41) is 4.94. The zero-order valence-corrected chi connectivity index (χ0v) is 64.4. The number of aromatic nitrogens is 2. The van der Waals surface area contributed by atoms with Crippen LogP contribution in [0.3, 0.4) is 0 Å². The molecule has 5 heteroatoms. The zero-order valence-electron chi connectivity index (χ0n) is 64.4. The lowest BCUT2D eigenvalue weighted by Crippen LogP contribution is -2.61. The molecule has 0 saturated heterocycles. The average Bonchev–Trinajstić information content (AvgIpc) is 1.20. The third kappa shape index (κ3) is 10.5. The summed E-state index contributed by atoms with van der Waals surface area (Å²) in [5.41, 5.74) is 37.4. The number of anilines is 6. The maximum atomic E-state index is 2.73. The summed E-state index contributed by atoms with van der Waals surface area (Å²) < 4.78 is 5.04. The summed E-state index contributed by atoms with van der Waals surface area (Å²) in [6, 6.07) is 128. The van der Waals surface area contributed by atoms with Crippen molar-refractivity contribution >= 4 is 101 Å². The molecule has 534 valence electrons. The lowest BCUT2D eigenvalue weighted by molar-refractivity contribution is 0.332. The number of para-hydroxylation sites is 5. The smallest absolute Gasteiger partial charge is 0.252 e. The molecule has 0 radical (unpaired) electrons. The molecule has 0 N–H and O–H groups in total. The van der Waals surface area contributed by atoms with Crippen molar-refractivity contribution in [2.45, 2.75) is 103 Å². The topological polar surface area (TPSA) is 16.3 Å². The van der Waals surface area contributed by atoms with E-state index < -0.39 is 0 Å². The van der Waals surface area contributed by atoms with Gasteiger partial charge < -0.3 is 18.9 Å². The summed E-state index contributed by atoms with van der Waals surface area (Å²) in [4.78, 5) is 5.45. The van der Waals surface area contributed by atoms with Crippen LogP contribution in [-0.4, -0.2) is 15.8 Å². The Labute approximate surface area is 652 Å². The van der Waals surface area contributed by atoms with E-state index in [1.165, 1.54) is 99.9 Å². The molecule has 0 spiro atoms. The number of rotatable bonds is 10. The molecule has 4 nitrogen and oxygen atoms in total. The van der Waals surface area contributed by atoms with E-state index >= 15 is 0 Å². The highest BCUT2D eigenvalue weighted by atomic mass is 15.2. The molecule has 0 fully saturated rings. The first-order chi connectivity index (χ1) is 54.0. The van der Waals surface area contributed by atoms with E-state index in [-0.39, 0.29) is 28.4 Å². The van der Waals surface area contributed by atoms with Gasteiger partial charge in [-0.3, -0.25) is 0 Å². The second kappa shape index (κ2) is 25.1. The third-order valence-corrected chi connectivity index (χ3v) is 26.0. The normalized spacial score (nSPS) is 15.5. The van der Waals surface area contributed by atoms with Crippen molar-refractivity contribution in [3.05, 3.63) is 356 Å². The van der Waals surface area contributed by atoms with Gasteiger partial charge in [0.15, 0.2) is 0 Å². The van der Waals surface area contributed by atoms with E-state index in [1.807, 2.05) is 0 Å². The van der Waals surface area contributed by atoms with Crippen molar-refractivity contribution in [1.29, 1.82) is 0 Å². The molecule has 0 saturated carbocycles. The van der Waals surface area contributed by atoms with Crippen molar-refractivity contribution in [1.82, 2.24) is 9.13 Å². The molecule has 17 aromatic rings. The van der Waals surface area contributed by atoms with Gasteiger partial charge in [0, 0.05) is 77.9 Å². The fourth-order valence-electron chi connectivity index (χ4n) is 20.0. The molecule has 2 aliphatic carbocycles. The van der Waals surface area contributed by atoms with Crippen LogP contribution in [0, 0.1) is 0 Å². The number of benzene rings is 15. The maximum absolute atomic E-state index is 2.73. The van der Waals surface area contributed by atoms with Crippen LogP contribution < -0.4 is 26.2 Å². The highest BCUT2D eigenvalue weighted by Gasteiger charge is 2.47. The summed E-state index contributed by atoms with van der Waals surface area (Å²) in [6.45, 7) is 19.3. The molecule has 0 amide bonds. The predicted octanol–water partition coefficient (Wildman–Crippen LogP) is 26.7. The summed E-state index contributed by atoms with van der Waals surface area (Å²) in [6.07, 6.45) is 4.58. The Bertz CT molecular complexity index is 6480. The van der Waals surface area contributed by atoms with Crippen LogP contribution >= 0.6 is 0 Å². The molecular formula is C106H87BN4. The van der Waals surface area contributed by atoms with Gasteiger partial charge in [0.1, 0.15) is 0 Å². The Morgan fingerprint density at radius 3 is 1.05 bits per heavy atom. The lowest BCUT2D eigenvalue weighted by atomic mass is 9.33. The first kappa shape index (κ1) is 66.7. The molecule has 2 aromatic heterocycles. The largest absolute Gasteiger partial charge is 0.310 e. The van der Waals surface area contributed by atoms with Gasteiger partial charge in [-0.2, -0.15) is 0 Å². The van der Waals surface area contributed by atoms with Gasteiger partial charge >= 0.3 is 0 Å². The Balaban J connectivity index is 0.894. The SMILES string of the molecule is CC1(C)CCC(C)(C)c2cc(-c3cc4c5c(c3)N(c3c(-c6ccccc6)cccc3-c3ccccc3)c3cc(-n6c7ccccc7c7ccccc76)ccc3B5c3ccc(-c5ccc6c(c5)c5ccccc5n6-c5ccc6c(c5)C(C)(C)CCC6(C)C)cc3N4c3c(-c4ccccc4)cccc3-c3ccccc3)ccc21. The summed E-state index contributed by atoms with van der Waals surface area (Å²) in [7, 11) is 0. The number of hydrogen-bond donors (Lipinski definition) is 0. The minimum absolute atomic E-state index is 0.0212. The molecule has 111 heavy (non-hydrogen) atoms. The molecule has 15 aromatic carbocycles. The van der Waals surface area contributed by atoms with E-state index in [9.17, 15) is 0 Å². The van der Waals surface area contributed by atoms with Gasteiger partial charge in [0.2, 0.25) is 0 Å². The molecule has 21 rings (SSSR count). The minimum Gasteiger partial charge on any atom is -0.310 e. The van der Waals surface area contributed by atoms with Crippen LogP contribution in [0.2, 0.25) is 0 Å². The number of fused-ring (bicyclic) bond motifs is 12. The van der Waals surface area contributed by atoms with Crippen LogP contribution in [0.25, 0.3) is 122 Å². The van der Waals surface area contributed by atoms with Crippen LogP contribution in [0.1, 0.15) is 103 Å². The Kier molecular flexibility index (Phi) is 15.1. The van der Waals surface area contributed by atoms with Gasteiger partial charge in [0.05, 0.1) is 33.4 Å². The van der Waals surface area contributed by atoms with Crippen molar-refractivity contribution in [2.75, 3.05) is 9.80 Å². The van der Waals surface area contributed by atoms with E-state index in [4.69, 9.17) is 0 Å². The zero-order chi connectivity index (χ0) is 74.8. The highest BCUT2D eigenvalue weighted by Crippen LogP contribution is 2.56. The molecule has 0 atom stereocenters. The van der Waals surface area contributed by atoms with Gasteiger partial charge in [-0.15, -0.1) is 0 Å². The van der Waals surface area contributed by atoms with E-state index in [2.05, 4.69) is 408 Å². The van der Waals surface area contributed by atoms with Gasteiger partial charge in [-0.1, -0.05) is 316 Å². The molecule has 4 heterocycles. The maximum Gasteiger partial charge on any atom is 0.252 e. The van der Waals surface area contributed by atoms with Crippen molar-refractivity contribution in [2.24, 2.45) is 0 Å². The number of nitrogens with zero attached hydrogens (tertiary/aromatic N) is 4. The van der Waals surface area contributed by atoms with Crippen molar-refractivity contribution < 1.29 is 0 Å². The van der Waals surface area contributed by atoms with Crippen LogP contribution in [0.4, 0.5) is 34.1 Å². The van der Waals surface area contributed by atoms with Crippen LogP contribution in [0.5, 0.6) is 0 Å². The predicted molar refractivity (Wildman–Crippen MR) is 472 cm³/mol. The van der Waals surface area contributed by atoms with Gasteiger partial charge in [-0.05, 0) is 203 Å². The molecule has 0 bridgehead atoms. The molecule has 0 unspecified atom stereocenters. The van der Waals surface area contributed by atoms with Gasteiger partial charge in [-0.25, -0.2) is 0 Å². The van der Waals surface area contributed by atoms with Crippen LogP contribution in [0.15, 0.2) is 334 Å². The molecule has 4 aliphatic rings. The summed E-state index contributed by atoms with van der Waals surface area (Å²) >= 11 is 0. The lowest BCUT2D eigenvalue weighted by Gasteiger charge is -2.46. The third-order valence-electron chi connectivity index (χ3n) is 26.0. The Morgan fingerprint density at radius 2 is 0.568 bits per heavy atom. The van der Waals surface area contributed by atoms with Crippen molar-refractivity contribution in [3.8, 4) is 78.1 Å². The Morgan fingerprint density at radius 1 is 0.234 bits per heavy atom. The minimum atomic E-state index is -0.244. The van der Waals surface area contributed by atoms with Crippen LogP contribution in [-0.2, 0) is 21.7 Å². The second-order valence-corrected chi connectivity index (χ2v) is 34.4. The van der Waals surface area contributed by atoms with E-state index in [1.54, 1.807) is 0 Å². The van der Waals surface area contributed by atoms with Gasteiger partial charge in [0.25, 0.3) is 6.71 Å². The summed E-state index contributed by atoms with van der Waals surface area (Å²) in [5.74, 6) is 0. The Hall–Kier alpha value is -12.4. The fraction of sp³-hybridized carbons (Fsp3) is 0.151. The van der Waals surface area contributed by atoms with Crippen molar-refractivity contribution in [3.63, 3.8) is 0 Å². The fourth-order valence-corrected chi connectivity index (χ4v) is 20.0. The monoisotopic (exact) mass is 1430 g/mol. The van der Waals surface area contributed by atoms with E-state index in [0.29, 0.717) is 0 Å². The van der Waals surface area contributed by atoms with E-state index in [0.717, 1.165) is 120 Å². The highest BCUT2D eigenvalue weighted by molar-refractivity contribution is 7.00.